The number of amides is 1. The molecular weight excluding hydrogens is 460 g/mol. The van der Waals surface area contributed by atoms with Crippen LogP contribution in [0.5, 0.6) is 5.75 Å². The van der Waals surface area contributed by atoms with Gasteiger partial charge in [0.15, 0.2) is 0 Å². The lowest BCUT2D eigenvalue weighted by Crippen LogP contribution is -2.41. The Morgan fingerprint density at radius 2 is 1.57 bits per heavy atom. The first-order valence-corrected chi connectivity index (χ1v) is 12.7. The van der Waals surface area contributed by atoms with Gasteiger partial charge in [-0.3, -0.25) is 9.10 Å². The van der Waals surface area contributed by atoms with Crippen LogP contribution in [-0.2, 0) is 21.4 Å². The van der Waals surface area contributed by atoms with E-state index in [0.717, 1.165) is 31.8 Å². The van der Waals surface area contributed by atoms with Gasteiger partial charge in [0, 0.05) is 6.54 Å². The molecule has 35 heavy (non-hydrogen) atoms. The number of aryl methyl sites for hydroxylation is 2. The summed E-state index contributed by atoms with van der Waals surface area (Å²) in [6.45, 7) is 3.64. The number of hydrogen-bond donors (Lipinski definition) is 1. The fourth-order valence-corrected chi connectivity index (χ4v) is 5.38. The number of methoxy groups -OCH3 is 1. The summed E-state index contributed by atoms with van der Waals surface area (Å²) < 4.78 is 34.0. The quantitative estimate of drug-likeness (QED) is 0.380. The molecule has 0 aliphatic heterocycles. The van der Waals surface area contributed by atoms with E-state index in [-0.39, 0.29) is 18.0 Å². The molecule has 4 rings (SSSR count). The van der Waals surface area contributed by atoms with E-state index in [0.29, 0.717) is 11.4 Å². The van der Waals surface area contributed by atoms with E-state index in [2.05, 4.69) is 5.32 Å². The van der Waals surface area contributed by atoms with Crippen LogP contribution in [0.2, 0.25) is 0 Å². The summed E-state index contributed by atoms with van der Waals surface area (Å²) >= 11 is 0. The summed E-state index contributed by atoms with van der Waals surface area (Å²) in [5.41, 5.74) is 3.06. The fourth-order valence-electron chi connectivity index (χ4n) is 3.96. The van der Waals surface area contributed by atoms with Crippen molar-refractivity contribution in [2.75, 3.05) is 18.0 Å². The van der Waals surface area contributed by atoms with Gasteiger partial charge in [-0.1, -0.05) is 66.2 Å². The highest BCUT2D eigenvalue weighted by atomic mass is 32.2. The first-order chi connectivity index (χ1) is 16.8. The third-order valence-corrected chi connectivity index (χ3v) is 7.63. The van der Waals surface area contributed by atoms with Gasteiger partial charge in [-0.15, -0.1) is 0 Å². The molecule has 0 atom stereocenters. The molecule has 0 saturated heterocycles. The third kappa shape index (κ3) is 5.30. The smallest absolute Gasteiger partial charge is 0.264 e. The van der Waals surface area contributed by atoms with Gasteiger partial charge in [-0.25, -0.2) is 8.42 Å². The van der Waals surface area contributed by atoms with Gasteiger partial charge in [0.05, 0.1) is 17.7 Å². The van der Waals surface area contributed by atoms with Crippen molar-refractivity contribution in [2.45, 2.75) is 25.3 Å². The predicted molar refractivity (Wildman–Crippen MR) is 139 cm³/mol. The topological polar surface area (TPSA) is 75.7 Å². The Balaban J connectivity index is 1.65. The lowest BCUT2D eigenvalue weighted by Gasteiger charge is -2.26. The Morgan fingerprint density at radius 1 is 0.886 bits per heavy atom. The summed E-state index contributed by atoms with van der Waals surface area (Å²) in [4.78, 5) is 13.2. The van der Waals surface area contributed by atoms with Crippen LogP contribution in [-0.4, -0.2) is 28.0 Å². The van der Waals surface area contributed by atoms with Crippen molar-refractivity contribution in [1.82, 2.24) is 5.32 Å². The van der Waals surface area contributed by atoms with E-state index in [4.69, 9.17) is 4.74 Å². The van der Waals surface area contributed by atoms with Crippen molar-refractivity contribution in [2.24, 2.45) is 0 Å². The van der Waals surface area contributed by atoms with Gasteiger partial charge >= 0.3 is 0 Å². The number of rotatable bonds is 8. The number of carbonyl (C=O) groups is 1. The highest BCUT2D eigenvalue weighted by Crippen LogP contribution is 2.33. The molecule has 1 amide bonds. The van der Waals surface area contributed by atoms with Gasteiger partial charge in [0.25, 0.3) is 10.0 Å². The van der Waals surface area contributed by atoms with Crippen LogP contribution >= 0.6 is 0 Å². The molecule has 0 bridgehead atoms. The normalized spacial score (nSPS) is 11.3. The molecule has 0 aliphatic rings. The molecule has 1 N–H and O–H groups in total. The van der Waals surface area contributed by atoms with E-state index in [1.807, 2.05) is 62.4 Å². The third-order valence-electron chi connectivity index (χ3n) is 5.86. The largest absolute Gasteiger partial charge is 0.495 e. The summed E-state index contributed by atoms with van der Waals surface area (Å²) in [6, 6.07) is 25.7. The molecule has 0 unspecified atom stereocenters. The molecule has 0 spiro atoms. The van der Waals surface area contributed by atoms with Crippen molar-refractivity contribution >= 4 is 32.4 Å². The Hall–Kier alpha value is -3.84. The van der Waals surface area contributed by atoms with Crippen molar-refractivity contribution in [3.8, 4) is 5.75 Å². The van der Waals surface area contributed by atoms with Gasteiger partial charge in [-0.2, -0.15) is 0 Å². The SMILES string of the molecule is COc1ccc(C)cc1N(CC(=O)NCc1cccc2ccccc12)S(=O)(=O)c1ccc(C)cc1. The number of benzene rings is 4. The lowest BCUT2D eigenvalue weighted by atomic mass is 10.0. The van der Waals surface area contributed by atoms with Crippen LogP contribution in [0.25, 0.3) is 10.8 Å². The second-order valence-electron chi connectivity index (χ2n) is 8.42. The van der Waals surface area contributed by atoms with Crippen molar-refractivity contribution < 1.29 is 17.9 Å². The maximum Gasteiger partial charge on any atom is 0.264 e. The number of fused-ring (bicyclic) bond motifs is 1. The molecule has 0 radical (unpaired) electrons. The minimum absolute atomic E-state index is 0.105. The number of hydrogen-bond acceptors (Lipinski definition) is 4. The predicted octanol–water partition coefficient (Wildman–Crippen LogP) is 4.98. The summed E-state index contributed by atoms with van der Waals surface area (Å²) in [7, 11) is -2.56. The Labute approximate surface area is 206 Å². The molecule has 0 heterocycles. The number of nitrogens with zero attached hydrogens (tertiary/aromatic N) is 1. The van der Waals surface area contributed by atoms with Crippen LogP contribution in [0.1, 0.15) is 16.7 Å². The van der Waals surface area contributed by atoms with Gasteiger partial charge in [0.2, 0.25) is 5.91 Å². The zero-order chi connectivity index (χ0) is 25.0. The molecule has 4 aromatic rings. The monoisotopic (exact) mass is 488 g/mol. The average Bonchev–Trinajstić information content (AvgIpc) is 2.86. The van der Waals surface area contributed by atoms with Crippen LogP contribution < -0.4 is 14.4 Å². The minimum Gasteiger partial charge on any atom is -0.495 e. The standard InChI is InChI=1S/C28H28N2O4S/c1-20-11-14-24(15-12-20)35(32,33)30(26-17-21(2)13-16-27(26)34-3)19-28(31)29-18-23-9-6-8-22-7-4-5-10-25(22)23/h4-17H,18-19H2,1-3H3,(H,29,31). The first kappa shape index (κ1) is 24.3. The molecule has 0 aromatic heterocycles. The number of anilines is 1. The number of carbonyl (C=O) groups excluding carboxylic acids is 1. The molecule has 6 nitrogen and oxygen atoms in total. The van der Waals surface area contributed by atoms with Gasteiger partial charge < -0.3 is 10.1 Å². The maximum atomic E-state index is 13.7. The van der Waals surface area contributed by atoms with Crippen LogP contribution in [0.15, 0.2) is 89.8 Å². The van der Waals surface area contributed by atoms with E-state index in [9.17, 15) is 13.2 Å². The number of sulfonamides is 1. The molecular formula is C28H28N2O4S. The molecule has 180 valence electrons. The summed E-state index contributed by atoms with van der Waals surface area (Å²) in [5, 5.41) is 5.01. The summed E-state index contributed by atoms with van der Waals surface area (Å²) in [6.07, 6.45) is 0. The minimum atomic E-state index is -4.04. The van der Waals surface area contributed by atoms with Crippen LogP contribution in [0.4, 0.5) is 5.69 Å². The van der Waals surface area contributed by atoms with Crippen molar-refractivity contribution in [1.29, 1.82) is 0 Å². The lowest BCUT2D eigenvalue weighted by molar-refractivity contribution is -0.119. The average molecular weight is 489 g/mol. The van der Waals surface area contributed by atoms with E-state index >= 15 is 0 Å². The Kier molecular flexibility index (Phi) is 7.07. The molecule has 0 fully saturated rings. The molecule has 0 saturated carbocycles. The molecule has 4 aromatic carbocycles. The maximum absolute atomic E-state index is 13.7. The van der Waals surface area contributed by atoms with E-state index in [1.54, 1.807) is 36.4 Å². The highest BCUT2D eigenvalue weighted by molar-refractivity contribution is 7.92. The Morgan fingerprint density at radius 3 is 2.31 bits per heavy atom. The second kappa shape index (κ2) is 10.2. The zero-order valence-electron chi connectivity index (χ0n) is 20.0. The van der Waals surface area contributed by atoms with E-state index in [1.165, 1.54) is 7.11 Å². The van der Waals surface area contributed by atoms with E-state index < -0.39 is 15.9 Å². The number of nitrogens with one attached hydrogen (secondary N) is 1. The van der Waals surface area contributed by atoms with Crippen LogP contribution in [0, 0.1) is 13.8 Å². The fraction of sp³-hybridized carbons (Fsp3) is 0.179. The van der Waals surface area contributed by atoms with Gasteiger partial charge in [0.1, 0.15) is 12.3 Å². The van der Waals surface area contributed by atoms with Crippen molar-refractivity contribution in [3.63, 3.8) is 0 Å². The summed E-state index contributed by atoms with van der Waals surface area (Å²) in [5.74, 6) is -0.0506. The molecule has 0 aliphatic carbocycles. The Bertz CT molecular complexity index is 1460. The second-order valence-corrected chi connectivity index (χ2v) is 10.3. The molecule has 7 heteroatoms. The van der Waals surface area contributed by atoms with Gasteiger partial charge in [-0.05, 0) is 60.0 Å². The zero-order valence-corrected chi connectivity index (χ0v) is 20.8. The van der Waals surface area contributed by atoms with Crippen molar-refractivity contribution in [3.05, 3.63) is 102 Å². The number of ether oxygens (including phenoxy) is 1. The first-order valence-electron chi connectivity index (χ1n) is 11.3. The highest BCUT2D eigenvalue weighted by Gasteiger charge is 2.29. The van der Waals surface area contributed by atoms with Crippen LogP contribution in [0.3, 0.4) is 0 Å².